The van der Waals surface area contributed by atoms with Gasteiger partial charge in [0.15, 0.2) is 0 Å². The molecule has 106 valence electrons. The molecule has 0 heterocycles. The van der Waals surface area contributed by atoms with Crippen molar-refractivity contribution >= 4 is 0 Å². The quantitative estimate of drug-likeness (QED) is 0.868. The molecule has 0 radical (unpaired) electrons. The Labute approximate surface area is 122 Å². The maximum Gasteiger partial charge on any atom is 0.112 e. The van der Waals surface area contributed by atoms with E-state index in [-0.39, 0.29) is 0 Å². The Morgan fingerprint density at radius 3 is 2.25 bits per heavy atom. The average molecular weight is 268 g/mol. The zero-order valence-corrected chi connectivity index (χ0v) is 12.9. The fraction of sp³-hybridized carbons (Fsp3) is 0.368. The number of aryl methyl sites for hydroxylation is 1. The van der Waals surface area contributed by atoms with Crippen molar-refractivity contribution in [3.05, 3.63) is 70.8 Å². The van der Waals surface area contributed by atoms with Gasteiger partial charge in [0.2, 0.25) is 0 Å². The monoisotopic (exact) mass is 268 g/mol. The molecule has 2 rings (SSSR count). The highest BCUT2D eigenvalue weighted by molar-refractivity contribution is 5.38. The van der Waals surface area contributed by atoms with Crippen LogP contribution in [-0.4, -0.2) is 5.11 Å². The van der Waals surface area contributed by atoms with Gasteiger partial charge < -0.3 is 5.11 Å². The molecular formula is C19H24O. The van der Waals surface area contributed by atoms with Crippen LogP contribution in [0.25, 0.3) is 0 Å². The van der Waals surface area contributed by atoms with Crippen LogP contribution in [0.15, 0.2) is 48.5 Å². The van der Waals surface area contributed by atoms with Gasteiger partial charge in [0, 0.05) is 0 Å². The van der Waals surface area contributed by atoms with Gasteiger partial charge in [-0.2, -0.15) is 0 Å². The molecule has 0 spiro atoms. The molecule has 0 aliphatic carbocycles. The van der Waals surface area contributed by atoms with Crippen LogP contribution in [0.2, 0.25) is 0 Å². The third kappa shape index (κ3) is 3.29. The molecule has 0 aliphatic heterocycles. The molecule has 0 bridgehead atoms. The largest absolute Gasteiger partial charge is 0.381 e. The van der Waals surface area contributed by atoms with Gasteiger partial charge in [0.1, 0.15) is 5.60 Å². The van der Waals surface area contributed by atoms with Crippen LogP contribution in [0.5, 0.6) is 0 Å². The lowest BCUT2D eigenvalue weighted by Crippen LogP contribution is -2.23. The lowest BCUT2D eigenvalue weighted by Gasteiger charge is -2.25. The second-order valence-corrected chi connectivity index (χ2v) is 6.24. The van der Waals surface area contributed by atoms with Gasteiger partial charge in [-0.05, 0) is 42.9 Å². The van der Waals surface area contributed by atoms with Crippen LogP contribution in [0.3, 0.4) is 0 Å². The van der Waals surface area contributed by atoms with Gasteiger partial charge in [0.05, 0.1) is 0 Å². The molecule has 0 aliphatic rings. The molecule has 0 aromatic heterocycles. The second kappa shape index (κ2) is 5.80. The Kier molecular flexibility index (Phi) is 4.29. The first kappa shape index (κ1) is 14.8. The van der Waals surface area contributed by atoms with E-state index in [0.29, 0.717) is 5.92 Å². The Hall–Kier alpha value is -1.60. The van der Waals surface area contributed by atoms with Gasteiger partial charge in [0.25, 0.3) is 0 Å². The summed E-state index contributed by atoms with van der Waals surface area (Å²) >= 11 is 0. The summed E-state index contributed by atoms with van der Waals surface area (Å²) in [4.78, 5) is 0. The fourth-order valence-electron chi connectivity index (χ4n) is 2.52. The first-order valence-electron chi connectivity index (χ1n) is 7.28. The van der Waals surface area contributed by atoms with E-state index in [1.165, 1.54) is 11.1 Å². The minimum atomic E-state index is -0.944. The molecular weight excluding hydrogens is 244 g/mol. The highest BCUT2D eigenvalue weighted by atomic mass is 16.3. The van der Waals surface area contributed by atoms with Crippen molar-refractivity contribution in [3.63, 3.8) is 0 Å². The van der Waals surface area contributed by atoms with E-state index in [1.54, 1.807) is 0 Å². The number of hydrogen-bond acceptors (Lipinski definition) is 1. The van der Waals surface area contributed by atoms with Gasteiger partial charge in [-0.15, -0.1) is 0 Å². The predicted molar refractivity (Wildman–Crippen MR) is 84.8 cm³/mol. The van der Waals surface area contributed by atoms with Crippen LogP contribution in [0.4, 0.5) is 0 Å². The van der Waals surface area contributed by atoms with E-state index in [1.807, 2.05) is 43.3 Å². The summed E-state index contributed by atoms with van der Waals surface area (Å²) in [5, 5.41) is 10.9. The standard InChI is InChI=1S/C19H24O/c1-14(2)12-16-6-5-7-18(13-16)19(4,20)17-10-8-15(3)9-11-17/h5-11,13-14,20H,12H2,1-4H3. The first-order chi connectivity index (χ1) is 9.39. The Balaban J connectivity index is 2.35. The summed E-state index contributed by atoms with van der Waals surface area (Å²) in [5.74, 6) is 0.620. The lowest BCUT2D eigenvalue weighted by atomic mass is 9.86. The average Bonchev–Trinajstić information content (AvgIpc) is 2.39. The number of benzene rings is 2. The molecule has 1 unspecified atom stereocenters. The Morgan fingerprint density at radius 2 is 1.65 bits per heavy atom. The Morgan fingerprint density at radius 1 is 1.00 bits per heavy atom. The molecule has 2 aromatic rings. The Bertz CT molecular complexity index is 565. The number of hydrogen-bond donors (Lipinski definition) is 1. The smallest absolute Gasteiger partial charge is 0.112 e. The van der Waals surface area contributed by atoms with Gasteiger partial charge in [-0.3, -0.25) is 0 Å². The van der Waals surface area contributed by atoms with Crippen LogP contribution in [-0.2, 0) is 12.0 Å². The van der Waals surface area contributed by atoms with Crippen LogP contribution in [0, 0.1) is 12.8 Å². The molecule has 0 fully saturated rings. The van der Waals surface area contributed by atoms with Crippen molar-refractivity contribution in [1.82, 2.24) is 0 Å². The van der Waals surface area contributed by atoms with Gasteiger partial charge in [-0.1, -0.05) is 67.9 Å². The van der Waals surface area contributed by atoms with E-state index >= 15 is 0 Å². The SMILES string of the molecule is Cc1ccc(C(C)(O)c2cccc(CC(C)C)c2)cc1. The van der Waals surface area contributed by atoms with Crippen molar-refractivity contribution < 1.29 is 5.11 Å². The normalized spacial score (nSPS) is 14.3. The molecule has 20 heavy (non-hydrogen) atoms. The summed E-state index contributed by atoms with van der Waals surface area (Å²) in [7, 11) is 0. The molecule has 0 amide bonds. The lowest BCUT2D eigenvalue weighted by molar-refractivity contribution is 0.102. The second-order valence-electron chi connectivity index (χ2n) is 6.24. The molecule has 0 saturated heterocycles. The number of rotatable bonds is 4. The maximum atomic E-state index is 10.9. The van der Waals surface area contributed by atoms with Crippen molar-refractivity contribution in [2.24, 2.45) is 5.92 Å². The maximum absolute atomic E-state index is 10.9. The van der Waals surface area contributed by atoms with E-state index in [2.05, 4.69) is 32.9 Å². The number of aliphatic hydroxyl groups is 1. The third-order valence-corrected chi connectivity index (χ3v) is 3.75. The highest BCUT2D eigenvalue weighted by Crippen LogP contribution is 2.30. The summed E-state index contributed by atoms with van der Waals surface area (Å²) < 4.78 is 0. The predicted octanol–water partition coefficient (Wildman–Crippen LogP) is 4.45. The van der Waals surface area contributed by atoms with Crippen molar-refractivity contribution in [2.45, 2.75) is 39.7 Å². The highest BCUT2D eigenvalue weighted by Gasteiger charge is 2.25. The molecule has 2 aromatic carbocycles. The van der Waals surface area contributed by atoms with Crippen LogP contribution < -0.4 is 0 Å². The molecule has 1 atom stereocenters. The van der Waals surface area contributed by atoms with Crippen molar-refractivity contribution in [3.8, 4) is 0 Å². The minimum absolute atomic E-state index is 0.620. The van der Waals surface area contributed by atoms with Crippen molar-refractivity contribution in [1.29, 1.82) is 0 Å². The molecule has 1 heteroatoms. The zero-order valence-electron chi connectivity index (χ0n) is 12.9. The van der Waals surface area contributed by atoms with Gasteiger partial charge in [-0.25, -0.2) is 0 Å². The van der Waals surface area contributed by atoms with E-state index < -0.39 is 5.60 Å². The summed E-state index contributed by atoms with van der Waals surface area (Å²) in [5.41, 5.74) is 3.44. The van der Waals surface area contributed by atoms with Gasteiger partial charge >= 0.3 is 0 Å². The fourth-order valence-corrected chi connectivity index (χ4v) is 2.52. The van der Waals surface area contributed by atoms with Crippen molar-refractivity contribution in [2.75, 3.05) is 0 Å². The topological polar surface area (TPSA) is 20.2 Å². The molecule has 1 nitrogen and oxygen atoms in total. The van der Waals surface area contributed by atoms with E-state index in [0.717, 1.165) is 17.5 Å². The summed E-state index contributed by atoms with van der Waals surface area (Å²) in [6.07, 6.45) is 1.04. The van der Waals surface area contributed by atoms with E-state index in [4.69, 9.17) is 0 Å². The summed E-state index contributed by atoms with van der Waals surface area (Å²) in [6, 6.07) is 16.4. The van der Waals surface area contributed by atoms with E-state index in [9.17, 15) is 5.11 Å². The minimum Gasteiger partial charge on any atom is -0.381 e. The van der Waals surface area contributed by atoms with Crippen LogP contribution in [0.1, 0.15) is 43.0 Å². The van der Waals surface area contributed by atoms with Crippen LogP contribution >= 0.6 is 0 Å². The zero-order chi connectivity index (χ0) is 14.8. The molecule has 1 N–H and O–H groups in total. The summed E-state index contributed by atoms with van der Waals surface area (Å²) in [6.45, 7) is 8.35. The molecule has 0 saturated carbocycles. The first-order valence-corrected chi connectivity index (χ1v) is 7.28. The third-order valence-electron chi connectivity index (χ3n) is 3.75.